The molecule has 1 rings (SSSR count). The number of hydrogen-bond acceptors (Lipinski definition) is 4. The number of benzene rings is 1. The number of carbonyl (C=O) groups excluding carboxylic acids is 2. The Kier molecular flexibility index (Phi) is 3.40. The highest BCUT2D eigenvalue weighted by Crippen LogP contribution is 2.29. The lowest BCUT2D eigenvalue weighted by Crippen LogP contribution is -2.28. The minimum absolute atomic E-state index is 0.468. The van der Waals surface area contributed by atoms with Crippen molar-refractivity contribution in [3.63, 3.8) is 0 Å². The second-order valence-electron chi connectivity index (χ2n) is 3.09. The van der Waals surface area contributed by atoms with Gasteiger partial charge in [-0.1, -0.05) is 6.07 Å². The molecule has 0 amide bonds. The van der Waals surface area contributed by atoms with Crippen molar-refractivity contribution in [3.8, 4) is 11.5 Å². The van der Waals surface area contributed by atoms with E-state index in [0.29, 0.717) is 0 Å². The molecule has 17 heavy (non-hydrogen) atoms. The number of halogens is 3. The molecule has 0 atom stereocenters. The second-order valence-corrected chi connectivity index (χ2v) is 3.09. The molecule has 4 nitrogen and oxygen atoms in total. The van der Waals surface area contributed by atoms with E-state index in [1.807, 2.05) is 0 Å². The lowest BCUT2D eigenvalue weighted by Gasteiger charge is -2.10. The minimum atomic E-state index is -5.17. The van der Waals surface area contributed by atoms with Gasteiger partial charge in [0.25, 0.3) is 0 Å². The molecule has 1 aromatic carbocycles. The minimum Gasteiger partial charge on any atom is -0.507 e. The maximum Gasteiger partial charge on any atom is 0.491 e. The Balaban J connectivity index is 3.12. The van der Waals surface area contributed by atoms with Crippen molar-refractivity contribution in [1.82, 2.24) is 0 Å². The van der Waals surface area contributed by atoms with Crippen LogP contribution in [-0.2, 0) is 4.79 Å². The van der Waals surface area contributed by atoms with E-state index in [1.165, 1.54) is 0 Å². The van der Waals surface area contributed by atoms with Gasteiger partial charge in [0.15, 0.2) is 5.78 Å². The number of ether oxygens (including phenoxy) is 1. The fourth-order valence-electron chi connectivity index (χ4n) is 1.12. The zero-order chi connectivity index (χ0) is 13.2. The summed E-state index contributed by atoms with van der Waals surface area (Å²) in [4.78, 5) is 21.7. The Bertz CT molecular complexity index is 465. The second kappa shape index (κ2) is 4.44. The third-order valence-corrected chi connectivity index (χ3v) is 1.79. The molecular formula is C10H7F3O4. The Morgan fingerprint density at radius 1 is 1.29 bits per heavy atom. The number of phenols is 1. The Morgan fingerprint density at radius 2 is 1.88 bits per heavy atom. The smallest absolute Gasteiger partial charge is 0.491 e. The molecule has 92 valence electrons. The fraction of sp³-hybridized carbons (Fsp3) is 0.200. The Labute approximate surface area is 93.6 Å². The quantitative estimate of drug-likeness (QED) is 0.494. The lowest BCUT2D eigenvalue weighted by molar-refractivity contribution is -0.189. The van der Waals surface area contributed by atoms with Crippen LogP contribution in [0.25, 0.3) is 0 Å². The Morgan fingerprint density at radius 3 is 2.35 bits per heavy atom. The van der Waals surface area contributed by atoms with E-state index in [1.54, 1.807) is 0 Å². The van der Waals surface area contributed by atoms with Crippen molar-refractivity contribution in [3.05, 3.63) is 23.8 Å². The highest BCUT2D eigenvalue weighted by atomic mass is 19.4. The van der Waals surface area contributed by atoms with Crippen molar-refractivity contribution in [2.24, 2.45) is 0 Å². The molecule has 0 unspecified atom stereocenters. The van der Waals surface area contributed by atoms with E-state index in [4.69, 9.17) is 0 Å². The molecule has 0 heterocycles. The van der Waals surface area contributed by atoms with Crippen molar-refractivity contribution in [2.45, 2.75) is 13.1 Å². The fourth-order valence-corrected chi connectivity index (χ4v) is 1.12. The summed E-state index contributed by atoms with van der Waals surface area (Å²) in [5, 5.41) is 9.28. The van der Waals surface area contributed by atoms with Crippen molar-refractivity contribution in [2.75, 3.05) is 0 Å². The monoisotopic (exact) mass is 248 g/mol. The average Bonchev–Trinajstić information content (AvgIpc) is 2.15. The molecule has 0 aliphatic heterocycles. The van der Waals surface area contributed by atoms with Gasteiger partial charge in [0.2, 0.25) is 0 Å². The Hall–Kier alpha value is -2.05. The molecule has 0 aromatic heterocycles. The van der Waals surface area contributed by atoms with Gasteiger partial charge in [0.1, 0.15) is 17.1 Å². The van der Waals surface area contributed by atoms with Gasteiger partial charge in [-0.2, -0.15) is 13.2 Å². The van der Waals surface area contributed by atoms with Gasteiger partial charge in [-0.15, -0.1) is 0 Å². The van der Waals surface area contributed by atoms with Gasteiger partial charge in [-0.3, -0.25) is 4.79 Å². The first-order chi connectivity index (χ1) is 7.73. The summed E-state index contributed by atoms with van der Waals surface area (Å²) in [6.45, 7) is 1.03. The zero-order valence-electron chi connectivity index (χ0n) is 8.54. The molecule has 0 fully saturated rings. The van der Waals surface area contributed by atoms with Crippen molar-refractivity contribution in [1.29, 1.82) is 0 Å². The van der Waals surface area contributed by atoms with Crippen LogP contribution in [0.3, 0.4) is 0 Å². The van der Waals surface area contributed by atoms with Gasteiger partial charge in [-0.25, -0.2) is 4.79 Å². The maximum atomic E-state index is 11.9. The molecule has 0 aliphatic carbocycles. The topological polar surface area (TPSA) is 63.6 Å². The normalized spacial score (nSPS) is 11.1. The van der Waals surface area contributed by atoms with E-state index in [-0.39, 0.29) is 0 Å². The predicted octanol–water partition coefficient (Wildman–Crippen LogP) is 2.06. The SMILES string of the molecule is CC(=O)c1c(O)cccc1OC(=O)C(F)(F)F. The van der Waals surface area contributed by atoms with Crippen LogP contribution in [0, 0.1) is 0 Å². The molecule has 0 saturated heterocycles. The molecule has 7 heteroatoms. The van der Waals surface area contributed by atoms with Crippen LogP contribution in [0.1, 0.15) is 17.3 Å². The largest absolute Gasteiger partial charge is 0.507 e. The number of rotatable bonds is 2. The first kappa shape index (κ1) is 13.0. The first-order valence-corrected chi connectivity index (χ1v) is 4.35. The highest BCUT2D eigenvalue weighted by molar-refractivity contribution is 6.00. The number of hydrogen-bond donors (Lipinski definition) is 1. The van der Waals surface area contributed by atoms with Gasteiger partial charge in [-0.05, 0) is 19.1 Å². The maximum absolute atomic E-state index is 11.9. The molecule has 0 spiro atoms. The average molecular weight is 248 g/mol. The summed E-state index contributed by atoms with van der Waals surface area (Å²) in [6.07, 6.45) is -5.17. The molecule has 0 saturated carbocycles. The molecule has 0 bridgehead atoms. The number of esters is 1. The predicted molar refractivity (Wildman–Crippen MR) is 49.8 cm³/mol. The first-order valence-electron chi connectivity index (χ1n) is 4.35. The van der Waals surface area contributed by atoms with Crippen LogP contribution in [-0.4, -0.2) is 23.0 Å². The number of carbonyl (C=O) groups is 2. The molecule has 0 aliphatic rings. The lowest BCUT2D eigenvalue weighted by atomic mass is 10.1. The summed E-state index contributed by atoms with van der Waals surface area (Å²) in [7, 11) is 0. The number of alkyl halides is 3. The van der Waals surface area contributed by atoms with E-state index in [9.17, 15) is 27.9 Å². The van der Waals surface area contributed by atoms with Gasteiger partial charge in [0, 0.05) is 0 Å². The van der Waals surface area contributed by atoms with Gasteiger partial charge < -0.3 is 9.84 Å². The summed E-state index contributed by atoms with van der Waals surface area (Å²) in [5.74, 6) is -4.34. The van der Waals surface area contributed by atoms with Crippen LogP contribution in [0.4, 0.5) is 13.2 Å². The highest BCUT2D eigenvalue weighted by Gasteiger charge is 2.41. The van der Waals surface area contributed by atoms with Crippen molar-refractivity contribution >= 4 is 11.8 Å². The van der Waals surface area contributed by atoms with E-state index in [0.717, 1.165) is 25.1 Å². The van der Waals surface area contributed by atoms with Gasteiger partial charge >= 0.3 is 12.1 Å². The third-order valence-electron chi connectivity index (χ3n) is 1.79. The summed E-state index contributed by atoms with van der Waals surface area (Å²) in [5.41, 5.74) is -0.468. The number of aromatic hydroxyl groups is 1. The standard InChI is InChI=1S/C10H7F3O4/c1-5(14)8-6(15)3-2-4-7(8)17-9(16)10(11,12)13/h2-4,15H,1H3. The molecule has 0 radical (unpaired) electrons. The van der Waals surface area contributed by atoms with E-state index < -0.39 is 35.0 Å². The zero-order valence-corrected chi connectivity index (χ0v) is 8.54. The molecule has 1 aromatic rings. The van der Waals surface area contributed by atoms with Crippen LogP contribution < -0.4 is 4.74 Å². The van der Waals surface area contributed by atoms with Crippen LogP contribution in [0.5, 0.6) is 11.5 Å². The van der Waals surface area contributed by atoms with Crippen LogP contribution in [0.2, 0.25) is 0 Å². The molecule has 1 N–H and O–H groups in total. The summed E-state index contributed by atoms with van der Waals surface area (Å²) < 4.78 is 39.8. The summed E-state index contributed by atoms with van der Waals surface area (Å²) in [6, 6.07) is 3.24. The van der Waals surface area contributed by atoms with Gasteiger partial charge in [0.05, 0.1) is 0 Å². The van der Waals surface area contributed by atoms with E-state index in [2.05, 4.69) is 4.74 Å². The molecular weight excluding hydrogens is 241 g/mol. The number of Topliss-reactive ketones (excluding diaryl/α,β-unsaturated/α-hetero) is 1. The summed E-state index contributed by atoms with van der Waals surface area (Å²) >= 11 is 0. The van der Waals surface area contributed by atoms with E-state index >= 15 is 0 Å². The van der Waals surface area contributed by atoms with Crippen LogP contribution in [0.15, 0.2) is 18.2 Å². The van der Waals surface area contributed by atoms with Crippen LogP contribution >= 0.6 is 0 Å². The third kappa shape index (κ3) is 2.96. The van der Waals surface area contributed by atoms with Crippen molar-refractivity contribution < 1.29 is 32.6 Å². The number of phenolic OH excluding ortho intramolecular Hbond substituents is 1. The number of ketones is 1.